The molecule has 2 heterocycles. The largest absolute Gasteiger partial charge is 0.454 e. The number of ketones is 1. The van der Waals surface area contributed by atoms with Crippen LogP contribution in [0.15, 0.2) is 42.6 Å². The van der Waals surface area contributed by atoms with Crippen LogP contribution in [0.4, 0.5) is 0 Å². The van der Waals surface area contributed by atoms with E-state index in [1.54, 1.807) is 12.3 Å². The van der Waals surface area contributed by atoms with Gasteiger partial charge in [-0.3, -0.25) is 4.79 Å². The maximum absolute atomic E-state index is 12.2. The highest BCUT2D eigenvalue weighted by Gasteiger charge is 2.17. The summed E-state index contributed by atoms with van der Waals surface area (Å²) in [5.41, 5.74) is 1.43. The van der Waals surface area contributed by atoms with Gasteiger partial charge < -0.3 is 9.30 Å². The summed E-state index contributed by atoms with van der Waals surface area (Å²) < 4.78 is 7.05. The molecule has 0 aliphatic rings. The molecule has 1 aromatic carbocycles. The second-order valence-electron chi connectivity index (χ2n) is 5.08. The van der Waals surface area contributed by atoms with Gasteiger partial charge in [0.15, 0.2) is 6.61 Å². The topological polar surface area (TPSA) is 48.3 Å². The Bertz CT molecular complexity index is 860. The normalized spacial score (nSPS) is 10.8. The zero-order valence-electron chi connectivity index (χ0n) is 12.3. The molecule has 0 radical (unpaired) electrons. The minimum Gasteiger partial charge on any atom is -0.454 e. The van der Waals surface area contributed by atoms with Crippen LogP contribution in [0, 0.1) is 6.92 Å². The highest BCUT2D eigenvalue weighted by molar-refractivity contribution is 7.14. The van der Waals surface area contributed by atoms with Crippen molar-refractivity contribution >= 4 is 34.0 Å². The number of para-hydroxylation sites is 1. The van der Waals surface area contributed by atoms with Gasteiger partial charge in [-0.1, -0.05) is 18.2 Å². The number of aryl methyl sites for hydroxylation is 2. The summed E-state index contributed by atoms with van der Waals surface area (Å²) >= 11 is 1.41. The Kier molecular flexibility index (Phi) is 3.81. The number of thiophene rings is 1. The van der Waals surface area contributed by atoms with Gasteiger partial charge in [0.1, 0.15) is 0 Å². The number of hydrogen-bond acceptors (Lipinski definition) is 4. The molecule has 0 bridgehead atoms. The Labute approximate surface area is 131 Å². The van der Waals surface area contributed by atoms with E-state index < -0.39 is 5.97 Å². The number of benzene rings is 1. The van der Waals surface area contributed by atoms with Crippen molar-refractivity contribution < 1.29 is 14.3 Å². The van der Waals surface area contributed by atoms with E-state index in [-0.39, 0.29) is 12.4 Å². The average Bonchev–Trinajstić information content (AvgIpc) is 3.09. The van der Waals surface area contributed by atoms with Gasteiger partial charge in [0, 0.05) is 29.0 Å². The number of Topliss-reactive ketones (excluding diaryl/α,β-unsaturated/α-hetero) is 1. The van der Waals surface area contributed by atoms with E-state index in [1.165, 1.54) is 11.3 Å². The third-order valence-corrected chi connectivity index (χ3v) is 4.51. The lowest BCUT2D eigenvalue weighted by Gasteiger charge is -2.02. The minimum absolute atomic E-state index is 0.174. The maximum Gasteiger partial charge on any atom is 0.340 e. The van der Waals surface area contributed by atoms with Crippen molar-refractivity contribution in [2.75, 3.05) is 6.61 Å². The first kappa shape index (κ1) is 14.5. The molecule has 0 aliphatic heterocycles. The summed E-state index contributed by atoms with van der Waals surface area (Å²) in [6, 6.07) is 11.2. The fraction of sp³-hybridized carbons (Fsp3) is 0.176. The maximum atomic E-state index is 12.2. The quantitative estimate of drug-likeness (QED) is 0.546. The number of carbonyl (C=O) groups excluding carboxylic acids is 2. The molecule has 112 valence electrons. The number of esters is 1. The molecule has 0 saturated heterocycles. The number of fused-ring (bicyclic) bond motifs is 1. The molecular weight excluding hydrogens is 298 g/mol. The van der Waals surface area contributed by atoms with E-state index in [0.717, 1.165) is 15.8 Å². The monoisotopic (exact) mass is 313 g/mol. The van der Waals surface area contributed by atoms with Gasteiger partial charge in [-0.2, -0.15) is 0 Å². The van der Waals surface area contributed by atoms with Crippen molar-refractivity contribution in [3.8, 4) is 0 Å². The molecule has 0 saturated carbocycles. The molecule has 5 heteroatoms. The summed E-state index contributed by atoms with van der Waals surface area (Å²) in [6.07, 6.45) is 1.73. The molecule has 0 aliphatic carbocycles. The molecule has 0 N–H and O–H groups in total. The molecule has 3 aromatic rings. The van der Waals surface area contributed by atoms with Crippen molar-refractivity contribution in [2.24, 2.45) is 7.05 Å². The van der Waals surface area contributed by atoms with Crippen LogP contribution < -0.4 is 0 Å². The summed E-state index contributed by atoms with van der Waals surface area (Å²) in [5.74, 6) is -0.648. The molecular formula is C17H15NO3S. The Morgan fingerprint density at radius 1 is 1.18 bits per heavy atom. The molecule has 0 spiro atoms. The third kappa shape index (κ3) is 2.67. The number of rotatable bonds is 4. The molecule has 4 nitrogen and oxygen atoms in total. The SMILES string of the molecule is Cc1ccc(C(=O)COC(=O)c2cn(C)c3ccccc23)s1. The molecule has 0 amide bonds. The van der Waals surface area contributed by atoms with Crippen LogP contribution in [0.1, 0.15) is 24.9 Å². The fourth-order valence-corrected chi connectivity index (χ4v) is 3.16. The lowest BCUT2D eigenvalue weighted by atomic mass is 10.2. The zero-order valence-corrected chi connectivity index (χ0v) is 13.1. The van der Waals surface area contributed by atoms with Crippen LogP contribution >= 0.6 is 11.3 Å². The molecule has 3 rings (SSSR count). The summed E-state index contributed by atoms with van der Waals surface area (Å²) in [6.45, 7) is 1.70. The van der Waals surface area contributed by atoms with E-state index in [9.17, 15) is 9.59 Å². The van der Waals surface area contributed by atoms with Gasteiger partial charge in [-0.05, 0) is 25.1 Å². The summed E-state index contributed by atoms with van der Waals surface area (Å²) in [4.78, 5) is 25.9. The average molecular weight is 313 g/mol. The number of nitrogens with zero attached hydrogens (tertiary/aromatic N) is 1. The third-order valence-electron chi connectivity index (χ3n) is 3.47. The number of carbonyl (C=O) groups is 2. The second kappa shape index (κ2) is 5.77. The van der Waals surface area contributed by atoms with Crippen molar-refractivity contribution in [1.82, 2.24) is 4.57 Å². The molecule has 22 heavy (non-hydrogen) atoms. The number of hydrogen-bond donors (Lipinski definition) is 0. The van der Waals surface area contributed by atoms with Crippen molar-refractivity contribution in [3.63, 3.8) is 0 Å². The van der Waals surface area contributed by atoms with Crippen LogP contribution in [0.25, 0.3) is 10.9 Å². The Morgan fingerprint density at radius 3 is 2.68 bits per heavy atom. The highest BCUT2D eigenvalue weighted by Crippen LogP contribution is 2.21. The van der Waals surface area contributed by atoms with Gasteiger partial charge in [0.05, 0.1) is 10.4 Å². The molecule has 2 aromatic heterocycles. The van der Waals surface area contributed by atoms with E-state index in [2.05, 4.69) is 0 Å². The lowest BCUT2D eigenvalue weighted by Crippen LogP contribution is -2.13. The first-order chi connectivity index (χ1) is 10.6. The molecule has 0 atom stereocenters. The van der Waals surface area contributed by atoms with E-state index in [1.807, 2.05) is 48.9 Å². The fourth-order valence-electron chi connectivity index (χ4n) is 2.37. The summed E-state index contributed by atoms with van der Waals surface area (Å²) in [7, 11) is 1.87. The van der Waals surface area contributed by atoms with Crippen LogP contribution in [0.3, 0.4) is 0 Å². The first-order valence-electron chi connectivity index (χ1n) is 6.87. The van der Waals surface area contributed by atoms with Gasteiger partial charge in [-0.15, -0.1) is 11.3 Å². The zero-order chi connectivity index (χ0) is 15.7. The first-order valence-corrected chi connectivity index (χ1v) is 7.69. The highest BCUT2D eigenvalue weighted by atomic mass is 32.1. The molecule has 0 unspecified atom stereocenters. The van der Waals surface area contributed by atoms with Crippen LogP contribution in [0.5, 0.6) is 0 Å². The Hall–Kier alpha value is -2.40. The second-order valence-corrected chi connectivity index (χ2v) is 6.37. The predicted molar refractivity (Wildman–Crippen MR) is 86.6 cm³/mol. The van der Waals surface area contributed by atoms with Gasteiger partial charge >= 0.3 is 5.97 Å². The smallest absolute Gasteiger partial charge is 0.340 e. The summed E-state index contributed by atoms with van der Waals surface area (Å²) in [5, 5.41) is 0.828. The van der Waals surface area contributed by atoms with Crippen molar-refractivity contribution in [2.45, 2.75) is 6.92 Å². The van der Waals surface area contributed by atoms with Gasteiger partial charge in [0.2, 0.25) is 5.78 Å². The predicted octanol–water partition coefficient (Wildman–Crippen LogP) is 3.59. The number of ether oxygens (including phenoxy) is 1. The molecule has 0 fully saturated rings. The van der Waals surface area contributed by atoms with Crippen LogP contribution in [-0.4, -0.2) is 22.9 Å². The number of aromatic nitrogens is 1. The van der Waals surface area contributed by atoms with Crippen molar-refractivity contribution in [1.29, 1.82) is 0 Å². The Morgan fingerprint density at radius 2 is 1.95 bits per heavy atom. The lowest BCUT2D eigenvalue weighted by molar-refractivity contribution is 0.0477. The van der Waals surface area contributed by atoms with Crippen LogP contribution in [-0.2, 0) is 11.8 Å². The van der Waals surface area contributed by atoms with Gasteiger partial charge in [-0.25, -0.2) is 4.79 Å². The van der Waals surface area contributed by atoms with E-state index >= 15 is 0 Å². The van der Waals surface area contributed by atoms with Crippen LogP contribution in [0.2, 0.25) is 0 Å². The van der Waals surface area contributed by atoms with E-state index in [0.29, 0.717) is 10.4 Å². The van der Waals surface area contributed by atoms with E-state index in [4.69, 9.17) is 4.74 Å². The van der Waals surface area contributed by atoms with Gasteiger partial charge in [0.25, 0.3) is 0 Å². The Balaban J connectivity index is 1.75. The standard InChI is InChI=1S/C17H15NO3S/c1-11-7-8-16(22-11)15(19)10-21-17(20)13-9-18(2)14-6-4-3-5-12(13)14/h3-9H,10H2,1-2H3. The van der Waals surface area contributed by atoms with Crippen molar-refractivity contribution in [3.05, 3.63) is 57.9 Å². The minimum atomic E-state index is -0.474.